The molecule has 19 heavy (non-hydrogen) atoms. The first-order valence-electron chi connectivity index (χ1n) is 7.13. The zero-order valence-electron chi connectivity index (χ0n) is 11.4. The predicted octanol–water partition coefficient (Wildman–Crippen LogP) is 4.52. The van der Waals surface area contributed by atoms with E-state index in [0.717, 1.165) is 0 Å². The van der Waals surface area contributed by atoms with Crippen LogP contribution in [-0.4, -0.2) is 7.05 Å². The molecule has 100 valence electrons. The van der Waals surface area contributed by atoms with Gasteiger partial charge in [-0.05, 0) is 36.9 Å². The molecule has 3 rings (SSSR count). The molecule has 1 aromatic heterocycles. The first-order chi connectivity index (χ1) is 9.37. The molecule has 0 spiro atoms. The summed E-state index contributed by atoms with van der Waals surface area (Å²) in [7, 11) is 2.10. The molecular formula is C17H21NS. The van der Waals surface area contributed by atoms with Crippen molar-refractivity contribution in [2.75, 3.05) is 7.05 Å². The highest BCUT2D eigenvalue weighted by atomic mass is 32.1. The van der Waals surface area contributed by atoms with E-state index in [1.54, 1.807) is 0 Å². The van der Waals surface area contributed by atoms with E-state index >= 15 is 0 Å². The van der Waals surface area contributed by atoms with Crippen molar-refractivity contribution < 1.29 is 0 Å². The Morgan fingerprint density at radius 3 is 2.37 bits per heavy atom. The van der Waals surface area contributed by atoms with Gasteiger partial charge in [0.25, 0.3) is 0 Å². The predicted molar refractivity (Wildman–Crippen MR) is 82.7 cm³/mol. The van der Waals surface area contributed by atoms with Gasteiger partial charge in [0, 0.05) is 10.3 Å². The summed E-state index contributed by atoms with van der Waals surface area (Å²) in [5.74, 6) is 0. The lowest BCUT2D eigenvalue weighted by molar-refractivity contribution is 0.320. The topological polar surface area (TPSA) is 12.0 Å². The van der Waals surface area contributed by atoms with Gasteiger partial charge in [-0.25, -0.2) is 0 Å². The van der Waals surface area contributed by atoms with Gasteiger partial charge in [0.1, 0.15) is 0 Å². The maximum atomic E-state index is 3.60. The van der Waals surface area contributed by atoms with Crippen LogP contribution in [0.1, 0.15) is 42.2 Å². The van der Waals surface area contributed by atoms with E-state index in [1.807, 2.05) is 11.3 Å². The average Bonchev–Trinajstić information content (AvgIpc) is 3.13. The molecule has 0 radical (unpaired) electrons. The molecule has 1 aliphatic carbocycles. The van der Waals surface area contributed by atoms with Gasteiger partial charge in [-0.1, -0.05) is 49.2 Å². The largest absolute Gasteiger partial charge is 0.312 e. The van der Waals surface area contributed by atoms with Gasteiger partial charge in [0.15, 0.2) is 0 Å². The van der Waals surface area contributed by atoms with Gasteiger partial charge >= 0.3 is 0 Å². The molecule has 1 fully saturated rings. The summed E-state index contributed by atoms with van der Waals surface area (Å²) in [5, 5.41) is 5.78. The van der Waals surface area contributed by atoms with Gasteiger partial charge < -0.3 is 5.32 Å². The van der Waals surface area contributed by atoms with E-state index in [2.05, 4.69) is 60.2 Å². The SMILES string of the molecule is CNC(c1cccs1)C1(c2ccccc2)CCCC1. The molecule has 1 nitrogen and oxygen atoms in total. The fourth-order valence-corrected chi connectivity index (χ4v) is 4.62. The van der Waals surface area contributed by atoms with Crippen LogP contribution in [0.4, 0.5) is 0 Å². The lowest BCUT2D eigenvalue weighted by Crippen LogP contribution is -2.37. The van der Waals surface area contributed by atoms with E-state index in [1.165, 1.54) is 36.1 Å². The first-order valence-corrected chi connectivity index (χ1v) is 8.01. The fraction of sp³-hybridized carbons (Fsp3) is 0.412. The number of hydrogen-bond donors (Lipinski definition) is 1. The van der Waals surface area contributed by atoms with Gasteiger partial charge in [-0.15, -0.1) is 11.3 Å². The minimum atomic E-state index is 0.279. The molecule has 1 aromatic carbocycles. The highest BCUT2D eigenvalue weighted by Gasteiger charge is 2.43. The molecule has 1 aliphatic rings. The maximum Gasteiger partial charge on any atom is 0.0510 e. The van der Waals surface area contributed by atoms with Crippen molar-refractivity contribution in [1.29, 1.82) is 0 Å². The maximum absolute atomic E-state index is 3.60. The zero-order valence-corrected chi connectivity index (χ0v) is 12.2. The van der Waals surface area contributed by atoms with Crippen LogP contribution in [0.3, 0.4) is 0 Å². The third-order valence-electron chi connectivity index (χ3n) is 4.51. The number of nitrogens with one attached hydrogen (secondary N) is 1. The molecule has 1 saturated carbocycles. The molecule has 0 bridgehead atoms. The quantitative estimate of drug-likeness (QED) is 0.862. The average molecular weight is 271 g/mol. The van der Waals surface area contributed by atoms with Crippen molar-refractivity contribution in [2.45, 2.75) is 37.1 Å². The van der Waals surface area contributed by atoms with Crippen molar-refractivity contribution in [1.82, 2.24) is 5.32 Å². The van der Waals surface area contributed by atoms with Crippen LogP contribution in [0.15, 0.2) is 47.8 Å². The summed E-state index contributed by atoms with van der Waals surface area (Å²) in [5.41, 5.74) is 1.78. The lowest BCUT2D eigenvalue weighted by atomic mass is 9.72. The van der Waals surface area contributed by atoms with Crippen molar-refractivity contribution in [3.8, 4) is 0 Å². The Morgan fingerprint density at radius 2 is 1.79 bits per heavy atom. The van der Waals surface area contributed by atoms with Crippen molar-refractivity contribution >= 4 is 11.3 Å². The normalized spacial score (nSPS) is 19.4. The zero-order chi connectivity index (χ0) is 13.1. The Balaban J connectivity index is 2.05. The summed E-state index contributed by atoms with van der Waals surface area (Å²) in [4.78, 5) is 1.47. The second kappa shape index (κ2) is 5.48. The summed E-state index contributed by atoms with van der Waals surface area (Å²) >= 11 is 1.87. The number of hydrogen-bond acceptors (Lipinski definition) is 2. The van der Waals surface area contributed by atoms with E-state index in [4.69, 9.17) is 0 Å². The second-order valence-electron chi connectivity index (χ2n) is 5.47. The third-order valence-corrected chi connectivity index (χ3v) is 5.45. The molecule has 0 aliphatic heterocycles. The van der Waals surface area contributed by atoms with Gasteiger partial charge in [-0.3, -0.25) is 0 Å². The summed E-state index contributed by atoms with van der Waals surface area (Å²) in [6.45, 7) is 0. The van der Waals surface area contributed by atoms with Crippen LogP contribution in [0.2, 0.25) is 0 Å². The number of benzene rings is 1. The van der Waals surface area contributed by atoms with E-state index in [0.29, 0.717) is 6.04 Å². The Hall–Kier alpha value is -1.12. The van der Waals surface area contributed by atoms with Crippen LogP contribution in [-0.2, 0) is 5.41 Å². The number of rotatable bonds is 4. The minimum Gasteiger partial charge on any atom is -0.312 e. The van der Waals surface area contributed by atoms with Gasteiger partial charge in [-0.2, -0.15) is 0 Å². The van der Waals surface area contributed by atoms with Crippen molar-refractivity contribution in [2.24, 2.45) is 0 Å². The van der Waals surface area contributed by atoms with Crippen LogP contribution in [0, 0.1) is 0 Å². The molecular weight excluding hydrogens is 250 g/mol. The van der Waals surface area contributed by atoms with Crippen molar-refractivity contribution in [3.63, 3.8) is 0 Å². The van der Waals surface area contributed by atoms with E-state index in [9.17, 15) is 0 Å². The molecule has 2 aromatic rings. The van der Waals surface area contributed by atoms with Crippen LogP contribution in [0.25, 0.3) is 0 Å². The monoisotopic (exact) mass is 271 g/mol. The Kier molecular flexibility index (Phi) is 3.72. The van der Waals surface area contributed by atoms with E-state index in [-0.39, 0.29) is 5.41 Å². The van der Waals surface area contributed by atoms with Crippen LogP contribution < -0.4 is 5.32 Å². The Morgan fingerprint density at radius 1 is 1.05 bits per heavy atom. The van der Waals surface area contributed by atoms with E-state index < -0.39 is 0 Å². The summed E-state index contributed by atoms with van der Waals surface area (Å²) < 4.78 is 0. The lowest BCUT2D eigenvalue weighted by Gasteiger charge is -2.37. The molecule has 1 heterocycles. The second-order valence-corrected chi connectivity index (χ2v) is 6.45. The molecule has 1 atom stereocenters. The highest BCUT2D eigenvalue weighted by molar-refractivity contribution is 7.10. The highest BCUT2D eigenvalue weighted by Crippen LogP contribution is 2.50. The van der Waals surface area contributed by atoms with Crippen LogP contribution in [0.5, 0.6) is 0 Å². The minimum absolute atomic E-state index is 0.279. The molecule has 2 heteroatoms. The van der Waals surface area contributed by atoms with Gasteiger partial charge in [0.05, 0.1) is 6.04 Å². The Labute approximate surface area is 119 Å². The number of likely N-dealkylation sites (N-methyl/N-ethyl adjacent to an activating group) is 1. The first kappa shape index (κ1) is 12.9. The molecule has 1 unspecified atom stereocenters. The Bertz CT molecular complexity index is 497. The fourth-order valence-electron chi connectivity index (χ4n) is 3.67. The molecule has 0 saturated heterocycles. The third kappa shape index (κ3) is 2.24. The smallest absolute Gasteiger partial charge is 0.0510 e. The molecule has 1 N–H and O–H groups in total. The molecule has 0 amide bonds. The van der Waals surface area contributed by atoms with Gasteiger partial charge in [0.2, 0.25) is 0 Å². The van der Waals surface area contributed by atoms with Crippen LogP contribution >= 0.6 is 11.3 Å². The summed E-state index contributed by atoms with van der Waals surface area (Å²) in [6.07, 6.45) is 5.28. The van der Waals surface area contributed by atoms with Crippen molar-refractivity contribution in [3.05, 3.63) is 58.3 Å². The standard InChI is InChI=1S/C17H21NS/c1-18-16(15-10-7-13-19-15)17(11-5-6-12-17)14-8-3-2-4-9-14/h2-4,7-10,13,16,18H,5-6,11-12H2,1H3. The summed E-state index contributed by atoms with van der Waals surface area (Å²) in [6, 6.07) is 16.0. The number of thiophene rings is 1.